The topological polar surface area (TPSA) is 35.2 Å². The Balaban J connectivity index is 1.80. The van der Waals surface area contributed by atoms with Gasteiger partial charge in [-0.05, 0) is 62.8 Å². The summed E-state index contributed by atoms with van der Waals surface area (Å²) in [5.74, 6) is -0.110. The van der Waals surface area contributed by atoms with Crippen molar-refractivity contribution in [3.05, 3.63) is 35.1 Å². The molecule has 2 N–H and O–H groups in total. The molecule has 2 unspecified atom stereocenters. The van der Waals surface area contributed by atoms with E-state index in [1.165, 1.54) is 0 Å². The predicted octanol–water partition coefficient (Wildman–Crippen LogP) is 2.96. The molecule has 0 bridgehead atoms. The second-order valence-electron chi connectivity index (χ2n) is 5.16. The Kier molecular flexibility index (Phi) is 4.72. The average Bonchev–Trinajstić information content (AvgIpc) is 2.79. The zero-order valence-corrected chi connectivity index (χ0v) is 11.0. The summed E-state index contributed by atoms with van der Waals surface area (Å²) in [6, 6.07) is 5.49. The van der Waals surface area contributed by atoms with E-state index in [0.29, 0.717) is 24.3 Å². The van der Waals surface area contributed by atoms with Gasteiger partial charge in [0.2, 0.25) is 0 Å². The van der Waals surface area contributed by atoms with E-state index in [1.807, 2.05) is 12.1 Å². The standard InChI is InChI=1S/C15H22FNO/c1-11-2-3-12(10-15(11)16)4-5-13-6-7-14(18-13)8-9-17/h2-3,10,13-14H,4-9,17H2,1H3. The van der Waals surface area contributed by atoms with Gasteiger partial charge >= 0.3 is 0 Å². The number of rotatable bonds is 5. The van der Waals surface area contributed by atoms with Gasteiger partial charge in [-0.3, -0.25) is 0 Å². The summed E-state index contributed by atoms with van der Waals surface area (Å²) in [6.07, 6.45) is 5.71. The number of hydrogen-bond acceptors (Lipinski definition) is 2. The van der Waals surface area contributed by atoms with Crippen LogP contribution >= 0.6 is 0 Å². The van der Waals surface area contributed by atoms with Crippen LogP contribution in [0.15, 0.2) is 18.2 Å². The third-order valence-corrected chi connectivity index (χ3v) is 3.68. The highest BCUT2D eigenvalue weighted by Crippen LogP contribution is 2.25. The van der Waals surface area contributed by atoms with Crippen molar-refractivity contribution in [2.75, 3.05) is 6.54 Å². The molecule has 0 saturated carbocycles. The summed E-state index contributed by atoms with van der Waals surface area (Å²) in [7, 11) is 0. The van der Waals surface area contributed by atoms with Crippen molar-refractivity contribution < 1.29 is 9.13 Å². The number of hydrogen-bond donors (Lipinski definition) is 1. The largest absolute Gasteiger partial charge is 0.375 e. The maximum Gasteiger partial charge on any atom is 0.126 e. The van der Waals surface area contributed by atoms with E-state index in [4.69, 9.17) is 10.5 Å². The first kappa shape index (κ1) is 13.5. The van der Waals surface area contributed by atoms with Crippen LogP contribution in [0, 0.1) is 12.7 Å². The lowest BCUT2D eigenvalue weighted by atomic mass is 10.0. The Morgan fingerprint density at radius 1 is 1.28 bits per heavy atom. The lowest BCUT2D eigenvalue weighted by Gasteiger charge is -2.13. The lowest BCUT2D eigenvalue weighted by Crippen LogP contribution is -2.15. The third-order valence-electron chi connectivity index (χ3n) is 3.68. The molecule has 0 amide bonds. The third kappa shape index (κ3) is 3.53. The van der Waals surface area contributed by atoms with Gasteiger partial charge in [-0.25, -0.2) is 4.39 Å². The molecule has 2 rings (SSSR count). The monoisotopic (exact) mass is 251 g/mol. The lowest BCUT2D eigenvalue weighted by molar-refractivity contribution is 0.0378. The molecule has 18 heavy (non-hydrogen) atoms. The summed E-state index contributed by atoms with van der Waals surface area (Å²) in [6.45, 7) is 2.48. The maximum absolute atomic E-state index is 13.4. The van der Waals surface area contributed by atoms with Crippen molar-refractivity contribution in [1.29, 1.82) is 0 Å². The summed E-state index contributed by atoms with van der Waals surface area (Å²) in [5, 5.41) is 0. The Hall–Kier alpha value is -0.930. The molecular formula is C15H22FNO. The van der Waals surface area contributed by atoms with Crippen molar-refractivity contribution in [3.63, 3.8) is 0 Å². The van der Waals surface area contributed by atoms with Crippen LogP contribution < -0.4 is 5.73 Å². The molecule has 0 aliphatic carbocycles. The Morgan fingerprint density at radius 2 is 2.00 bits per heavy atom. The van der Waals surface area contributed by atoms with Crippen LogP contribution in [0.4, 0.5) is 4.39 Å². The van der Waals surface area contributed by atoms with Gasteiger partial charge in [0.05, 0.1) is 12.2 Å². The number of ether oxygens (including phenoxy) is 1. The van der Waals surface area contributed by atoms with Crippen LogP contribution in [0.5, 0.6) is 0 Å². The highest BCUT2D eigenvalue weighted by atomic mass is 19.1. The molecule has 0 aromatic heterocycles. The normalized spacial score (nSPS) is 23.5. The summed E-state index contributed by atoms with van der Waals surface area (Å²) in [4.78, 5) is 0. The van der Waals surface area contributed by atoms with Gasteiger partial charge in [0.25, 0.3) is 0 Å². The van der Waals surface area contributed by atoms with Gasteiger partial charge in [-0.15, -0.1) is 0 Å². The Morgan fingerprint density at radius 3 is 2.67 bits per heavy atom. The van der Waals surface area contributed by atoms with E-state index < -0.39 is 0 Å². The minimum atomic E-state index is -0.110. The zero-order chi connectivity index (χ0) is 13.0. The molecule has 0 spiro atoms. The molecular weight excluding hydrogens is 229 g/mol. The minimum Gasteiger partial charge on any atom is -0.375 e. The zero-order valence-electron chi connectivity index (χ0n) is 11.0. The smallest absolute Gasteiger partial charge is 0.126 e. The Bertz CT molecular complexity index is 394. The predicted molar refractivity (Wildman–Crippen MR) is 71.0 cm³/mol. The number of nitrogens with two attached hydrogens (primary N) is 1. The quantitative estimate of drug-likeness (QED) is 0.873. The fourth-order valence-electron chi connectivity index (χ4n) is 2.51. The average molecular weight is 251 g/mol. The van der Waals surface area contributed by atoms with Gasteiger partial charge < -0.3 is 10.5 Å². The Labute approximate surface area is 108 Å². The number of halogens is 1. The summed E-state index contributed by atoms with van der Waals surface area (Å²) in [5.41, 5.74) is 7.29. The van der Waals surface area contributed by atoms with Gasteiger partial charge in [0.1, 0.15) is 5.82 Å². The molecule has 100 valence electrons. The van der Waals surface area contributed by atoms with Crippen molar-refractivity contribution in [3.8, 4) is 0 Å². The van der Waals surface area contributed by atoms with E-state index in [9.17, 15) is 4.39 Å². The fraction of sp³-hybridized carbons (Fsp3) is 0.600. The van der Waals surface area contributed by atoms with E-state index >= 15 is 0 Å². The molecule has 2 atom stereocenters. The summed E-state index contributed by atoms with van der Waals surface area (Å²) < 4.78 is 19.3. The molecule has 2 nitrogen and oxygen atoms in total. The van der Waals surface area contributed by atoms with Crippen molar-refractivity contribution >= 4 is 0 Å². The molecule has 1 saturated heterocycles. The SMILES string of the molecule is Cc1ccc(CCC2CCC(CCN)O2)cc1F. The molecule has 1 aliphatic rings. The van der Waals surface area contributed by atoms with Gasteiger partial charge in [0.15, 0.2) is 0 Å². The van der Waals surface area contributed by atoms with Crippen LogP contribution in [0.2, 0.25) is 0 Å². The van der Waals surface area contributed by atoms with Gasteiger partial charge in [-0.1, -0.05) is 12.1 Å². The van der Waals surface area contributed by atoms with Crippen LogP contribution in [0.3, 0.4) is 0 Å². The number of benzene rings is 1. The minimum absolute atomic E-state index is 0.110. The van der Waals surface area contributed by atoms with Crippen LogP contribution in [-0.4, -0.2) is 18.8 Å². The van der Waals surface area contributed by atoms with Crippen LogP contribution in [0.1, 0.15) is 36.8 Å². The van der Waals surface area contributed by atoms with Gasteiger partial charge in [-0.2, -0.15) is 0 Å². The molecule has 1 aromatic rings. The maximum atomic E-state index is 13.4. The second kappa shape index (κ2) is 6.30. The van der Waals surface area contributed by atoms with Crippen LogP contribution in [-0.2, 0) is 11.2 Å². The summed E-state index contributed by atoms with van der Waals surface area (Å²) >= 11 is 0. The van der Waals surface area contributed by atoms with E-state index in [2.05, 4.69) is 0 Å². The number of aryl methyl sites for hydroxylation is 2. The van der Waals surface area contributed by atoms with E-state index in [0.717, 1.165) is 37.7 Å². The first-order valence-corrected chi connectivity index (χ1v) is 6.79. The molecule has 1 aliphatic heterocycles. The highest BCUT2D eigenvalue weighted by Gasteiger charge is 2.24. The van der Waals surface area contributed by atoms with E-state index in [-0.39, 0.29) is 5.82 Å². The van der Waals surface area contributed by atoms with Crippen molar-refractivity contribution in [2.45, 2.75) is 51.2 Å². The van der Waals surface area contributed by atoms with Gasteiger partial charge in [0, 0.05) is 0 Å². The van der Waals surface area contributed by atoms with E-state index in [1.54, 1.807) is 13.0 Å². The van der Waals surface area contributed by atoms with Crippen molar-refractivity contribution in [2.24, 2.45) is 5.73 Å². The first-order valence-electron chi connectivity index (χ1n) is 6.79. The molecule has 0 radical (unpaired) electrons. The molecule has 1 heterocycles. The molecule has 3 heteroatoms. The highest BCUT2D eigenvalue weighted by molar-refractivity contribution is 5.23. The van der Waals surface area contributed by atoms with Crippen molar-refractivity contribution in [1.82, 2.24) is 0 Å². The molecule has 1 aromatic carbocycles. The molecule has 1 fully saturated rings. The second-order valence-corrected chi connectivity index (χ2v) is 5.16. The van der Waals surface area contributed by atoms with Crippen LogP contribution in [0.25, 0.3) is 0 Å². The first-order chi connectivity index (χ1) is 8.69. The fourth-order valence-corrected chi connectivity index (χ4v) is 2.51.